The molecule has 0 bridgehead atoms. The lowest BCUT2D eigenvalue weighted by atomic mass is 10.0. The fraction of sp³-hybridized carbons (Fsp3) is 0.0714. The molecule has 0 aliphatic carbocycles. The molecular formula is C28H18Cl3NO3S. The number of nitrogens with zero attached hydrogens (tertiary/aromatic N) is 1. The lowest BCUT2D eigenvalue weighted by Crippen LogP contribution is -2.27. The van der Waals surface area contributed by atoms with Crippen molar-refractivity contribution in [3.63, 3.8) is 0 Å². The third-order valence-corrected chi connectivity index (χ3v) is 7.48. The molecule has 180 valence electrons. The Hall–Kier alpha value is -2.96. The summed E-state index contributed by atoms with van der Waals surface area (Å²) in [5.41, 5.74) is 2.32. The van der Waals surface area contributed by atoms with Crippen LogP contribution in [-0.4, -0.2) is 16.0 Å². The Kier molecular flexibility index (Phi) is 7.26. The minimum atomic E-state index is -0.348. The molecular weight excluding hydrogens is 537 g/mol. The van der Waals surface area contributed by atoms with Crippen molar-refractivity contribution < 1.29 is 14.3 Å². The van der Waals surface area contributed by atoms with Gasteiger partial charge in [-0.25, -0.2) is 0 Å². The smallest absolute Gasteiger partial charge is 0.293 e. The molecule has 0 N–H and O–H groups in total. The second-order valence-electron chi connectivity index (χ2n) is 8.12. The van der Waals surface area contributed by atoms with Crippen molar-refractivity contribution >= 4 is 74.6 Å². The zero-order chi connectivity index (χ0) is 25.2. The maximum absolute atomic E-state index is 13.2. The van der Waals surface area contributed by atoms with Crippen molar-refractivity contribution in [3.8, 4) is 5.75 Å². The minimum Gasteiger partial charge on any atom is -0.488 e. The third-order valence-electron chi connectivity index (χ3n) is 5.73. The SMILES string of the molecule is O=C1S/C(=C/c2c(OCc3ccc(Cl)cc3Cl)ccc3ccccc23)C(=O)N1Cc1ccc(Cl)cc1. The highest BCUT2D eigenvalue weighted by atomic mass is 35.5. The van der Waals surface area contributed by atoms with E-state index < -0.39 is 0 Å². The minimum absolute atomic E-state index is 0.174. The number of carbonyl (C=O) groups excluding carboxylic acids is 2. The van der Waals surface area contributed by atoms with Gasteiger partial charge in [-0.3, -0.25) is 14.5 Å². The van der Waals surface area contributed by atoms with Gasteiger partial charge in [0.25, 0.3) is 11.1 Å². The molecule has 4 nitrogen and oxygen atoms in total. The summed E-state index contributed by atoms with van der Waals surface area (Å²) >= 11 is 19.2. The Morgan fingerprint density at radius 1 is 0.861 bits per heavy atom. The van der Waals surface area contributed by atoms with E-state index >= 15 is 0 Å². The zero-order valence-corrected chi connectivity index (χ0v) is 21.8. The van der Waals surface area contributed by atoms with Gasteiger partial charge in [-0.2, -0.15) is 0 Å². The number of amides is 2. The van der Waals surface area contributed by atoms with Crippen LogP contribution in [0.4, 0.5) is 4.79 Å². The Morgan fingerprint density at radius 3 is 2.39 bits per heavy atom. The van der Waals surface area contributed by atoms with E-state index in [-0.39, 0.29) is 24.3 Å². The van der Waals surface area contributed by atoms with Crippen molar-refractivity contribution in [1.29, 1.82) is 0 Å². The number of rotatable bonds is 6. The summed E-state index contributed by atoms with van der Waals surface area (Å²) in [5.74, 6) is 0.226. The van der Waals surface area contributed by atoms with Gasteiger partial charge in [0.1, 0.15) is 12.4 Å². The first-order valence-corrected chi connectivity index (χ1v) is 12.9. The van der Waals surface area contributed by atoms with Crippen LogP contribution in [-0.2, 0) is 17.9 Å². The number of halogens is 3. The van der Waals surface area contributed by atoms with E-state index in [2.05, 4.69) is 0 Å². The van der Waals surface area contributed by atoms with E-state index in [0.717, 1.165) is 39.2 Å². The van der Waals surface area contributed by atoms with Crippen LogP contribution in [0.25, 0.3) is 16.8 Å². The average Bonchev–Trinajstić information content (AvgIpc) is 3.13. The van der Waals surface area contributed by atoms with Gasteiger partial charge in [-0.15, -0.1) is 0 Å². The summed E-state index contributed by atoms with van der Waals surface area (Å²) < 4.78 is 6.15. The number of hydrogen-bond acceptors (Lipinski definition) is 4. The molecule has 0 unspecified atom stereocenters. The lowest BCUT2D eigenvalue weighted by Gasteiger charge is -2.14. The molecule has 0 spiro atoms. The summed E-state index contributed by atoms with van der Waals surface area (Å²) in [4.78, 5) is 27.5. The quantitative estimate of drug-likeness (QED) is 0.224. The first kappa shape index (κ1) is 24.7. The highest BCUT2D eigenvalue weighted by Crippen LogP contribution is 2.38. The normalized spacial score (nSPS) is 14.8. The van der Waals surface area contributed by atoms with Crippen molar-refractivity contribution in [3.05, 3.63) is 116 Å². The van der Waals surface area contributed by atoms with Gasteiger partial charge in [-0.1, -0.05) is 83.3 Å². The van der Waals surface area contributed by atoms with E-state index in [1.54, 1.807) is 42.5 Å². The van der Waals surface area contributed by atoms with Crippen LogP contribution in [0.3, 0.4) is 0 Å². The summed E-state index contributed by atoms with van der Waals surface area (Å²) in [5, 5.41) is 3.22. The highest BCUT2D eigenvalue weighted by molar-refractivity contribution is 8.18. The number of thioether (sulfide) groups is 1. The maximum atomic E-state index is 13.2. The molecule has 5 rings (SSSR count). The van der Waals surface area contributed by atoms with Crippen molar-refractivity contribution in [2.45, 2.75) is 13.2 Å². The molecule has 0 aromatic heterocycles. The molecule has 4 aromatic carbocycles. The van der Waals surface area contributed by atoms with Crippen molar-refractivity contribution in [1.82, 2.24) is 4.90 Å². The van der Waals surface area contributed by atoms with E-state index in [1.807, 2.05) is 42.5 Å². The number of imide groups is 1. The molecule has 2 amide bonds. The molecule has 36 heavy (non-hydrogen) atoms. The van der Waals surface area contributed by atoms with Crippen LogP contribution < -0.4 is 4.74 Å². The first-order chi connectivity index (χ1) is 17.4. The molecule has 0 atom stereocenters. The van der Waals surface area contributed by atoms with Crippen molar-refractivity contribution in [2.24, 2.45) is 0 Å². The zero-order valence-electron chi connectivity index (χ0n) is 18.7. The second-order valence-corrected chi connectivity index (χ2v) is 10.4. The van der Waals surface area contributed by atoms with Gasteiger partial charge >= 0.3 is 0 Å². The van der Waals surface area contributed by atoms with Crippen LogP contribution in [0.2, 0.25) is 15.1 Å². The number of hydrogen-bond donors (Lipinski definition) is 0. The molecule has 1 saturated heterocycles. The molecule has 8 heteroatoms. The Morgan fingerprint density at radius 2 is 1.61 bits per heavy atom. The standard InChI is InChI=1S/C28H18Cl3NO3S/c29-20-9-5-17(6-10-20)15-32-27(33)26(36-28(32)34)14-23-22-4-2-1-3-18(22)8-12-25(23)35-16-19-7-11-21(30)13-24(19)31/h1-14H,15-16H2/b26-14+. The molecule has 1 heterocycles. The Balaban J connectivity index is 1.47. The fourth-order valence-electron chi connectivity index (χ4n) is 3.88. The van der Waals surface area contributed by atoms with Gasteiger partial charge in [0.2, 0.25) is 0 Å². The molecule has 4 aromatic rings. The van der Waals surface area contributed by atoms with Crippen LogP contribution in [0.15, 0.2) is 83.8 Å². The van der Waals surface area contributed by atoms with E-state index in [1.165, 1.54) is 4.90 Å². The fourth-order valence-corrected chi connectivity index (χ4v) is 5.29. The first-order valence-electron chi connectivity index (χ1n) is 11.0. The van der Waals surface area contributed by atoms with Crippen LogP contribution in [0.1, 0.15) is 16.7 Å². The lowest BCUT2D eigenvalue weighted by molar-refractivity contribution is -0.123. The van der Waals surface area contributed by atoms with Crippen LogP contribution >= 0.6 is 46.6 Å². The predicted molar refractivity (Wildman–Crippen MR) is 148 cm³/mol. The third kappa shape index (κ3) is 5.25. The van der Waals surface area contributed by atoms with Gasteiger partial charge < -0.3 is 4.74 Å². The molecule has 1 aliphatic heterocycles. The maximum Gasteiger partial charge on any atom is 0.293 e. The predicted octanol–water partition coefficient (Wildman–Crippen LogP) is 8.62. The number of benzene rings is 4. The van der Waals surface area contributed by atoms with E-state index in [0.29, 0.717) is 25.7 Å². The number of ether oxygens (including phenoxy) is 1. The van der Waals surface area contributed by atoms with Gasteiger partial charge in [-0.05, 0) is 64.5 Å². The van der Waals surface area contributed by atoms with E-state index in [4.69, 9.17) is 39.5 Å². The second kappa shape index (κ2) is 10.6. The van der Waals surface area contributed by atoms with E-state index in [9.17, 15) is 9.59 Å². The topological polar surface area (TPSA) is 46.6 Å². The Bertz CT molecular complexity index is 1520. The summed E-state index contributed by atoms with van der Waals surface area (Å²) in [6.45, 7) is 0.389. The average molecular weight is 555 g/mol. The number of fused-ring (bicyclic) bond motifs is 1. The van der Waals surface area contributed by atoms with Crippen LogP contribution in [0.5, 0.6) is 5.75 Å². The molecule has 0 radical (unpaired) electrons. The monoisotopic (exact) mass is 553 g/mol. The highest BCUT2D eigenvalue weighted by Gasteiger charge is 2.35. The molecule has 1 fully saturated rings. The summed E-state index contributed by atoms with van der Waals surface area (Å²) in [6.07, 6.45) is 1.73. The van der Waals surface area contributed by atoms with Gasteiger partial charge in [0.05, 0.1) is 11.4 Å². The summed E-state index contributed by atoms with van der Waals surface area (Å²) in [7, 11) is 0. The van der Waals surface area contributed by atoms with Crippen molar-refractivity contribution in [2.75, 3.05) is 0 Å². The van der Waals surface area contributed by atoms with Crippen LogP contribution in [0, 0.1) is 0 Å². The summed E-state index contributed by atoms with van der Waals surface area (Å²) in [6, 6.07) is 23.9. The van der Waals surface area contributed by atoms with Gasteiger partial charge in [0.15, 0.2) is 0 Å². The molecule has 0 saturated carbocycles. The molecule has 1 aliphatic rings. The Labute approximate surface area is 227 Å². The number of carbonyl (C=O) groups is 2. The van der Waals surface area contributed by atoms with Gasteiger partial charge in [0, 0.05) is 26.2 Å². The largest absolute Gasteiger partial charge is 0.488 e.